The van der Waals surface area contributed by atoms with E-state index in [-0.39, 0.29) is 5.56 Å². The number of benzene rings is 1. The van der Waals surface area contributed by atoms with Crippen molar-refractivity contribution in [3.8, 4) is 11.4 Å². The van der Waals surface area contributed by atoms with Gasteiger partial charge in [-0.25, -0.2) is 4.40 Å². The number of aromatic nitrogens is 3. The molecule has 0 N–H and O–H groups in total. The van der Waals surface area contributed by atoms with Gasteiger partial charge in [-0.15, -0.1) is 10.2 Å². The van der Waals surface area contributed by atoms with Crippen LogP contribution in [0.2, 0.25) is 0 Å². The Morgan fingerprint density at radius 2 is 1.96 bits per heavy atom. The average Bonchev–Trinajstić information content (AvgIpc) is 3.19. The normalized spacial score (nSPS) is 12.3. The zero-order chi connectivity index (χ0) is 16.0. The fraction of sp³-hybridized carbons (Fsp3) is 0.118. The van der Waals surface area contributed by atoms with E-state index in [1.807, 2.05) is 50.2 Å². The Morgan fingerprint density at radius 1 is 1.13 bits per heavy atom. The third-order valence-corrected chi connectivity index (χ3v) is 4.63. The van der Waals surface area contributed by atoms with Crippen LogP contribution in [0.4, 0.5) is 0 Å². The quantitative estimate of drug-likeness (QED) is 0.569. The molecule has 6 heteroatoms. The number of hydrogen-bond donors (Lipinski definition) is 0. The molecule has 3 aromatic heterocycles. The van der Waals surface area contributed by atoms with Crippen LogP contribution in [0.3, 0.4) is 0 Å². The van der Waals surface area contributed by atoms with E-state index < -0.39 is 0 Å². The van der Waals surface area contributed by atoms with Gasteiger partial charge < -0.3 is 4.42 Å². The summed E-state index contributed by atoms with van der Waals surface area (Å²) in [4.78, 5) is 13.3. The van der Waals surface area contributed by atoms with Crippen LogP contribution in [-0.4, -0.2) is 14.6 Å². The summed E-state index contributed by atoms with van der Waals surface area (Å²) in [6.07, 6.45) is 1.75. The highest BCUT2D eigenvalue weighted by Crippen LogP contribution is 2.21. The molecule has 0 atom stereocenters. The summed E-state index contributed by atoms with van der Waals surface area (Å²) in [5.41, 5.74) is 1.84. The van der Waals surface area contributed by atoms with E-state index in [0.29, 0.717) is 21.1 Å². The van der Waals surface area contributed by atoms with Gasteiger partial charge in [-0.1, -0.05) is 35.6 Å². The Balaban J connectivity index is 1.96. The van der Waals surface area contributed by atoms with Gasteiger partial charge in [-0.05, 0) is 31.5 Å². The molecule has 0 saturated carbocycles. The van der Waals surface area contributed by atoms with Gasteiger partial charge in [0, 0.05) is 11.6 Å². The van der Waals surface area contributed by atoms with Gasteiger partial charge >= 0.3 is 0 Å². The molecule has 0 unspecified atom stereocenters. The van der Waals surface area contributed by atoms with Crippen LogP contribution in [0.1, 0.15) is 17.1 Å². The van der Waals surface area contributed by atoms with E-state index in [1.165, 1.54) is 11.3 Å². The molecule has 114 valence electrons. The van der Waals surface area contributed by atoms with Crippen LogP contribution in [0.25, 0.3) is 22.4 Å². The molecular weight excluding hydrogens is 310 g/mol. The van der Waals surface area contributed by atoms with Crippen molar-refractivity contribution in [2.24, 2.45) is 0 Å². The first kappa shape index (κ1) is 13.9. The Morgan fingerprint density at radius 3 is 2.70 bits per heavy atom. The summed E-state index contributed by atoms with van der Waals surface area (Å²) in [6, 6.07) is 11.5. The van der Waals surface area contributed by atoms with Gasteiger partial charge in [-0.2, -0.15) is 0 Å². The lowest BCUT2D eigenvalue weighted by Gasteiger charge is -2.00. The van der Waals surface area contributed by atoms with Crippen molar-refractivity contribution in [1.82, 2.24) is 14.6 Å². The fourth-order valence-corrected chi connectivity index (χ4v) is 3.41. The maximum absolute atomic E-state index is 12.7. The molecule has 4 rings (SSSR count). The zero-order valence-corrected chi connectivity index (χ0v) is 13.4. The van der Waals surface area contributed by atoms with Crippen LogP contribution in [0, 0.1) is 13.8 Å². The minimum absolute atomic E-state index is 0.123. The first-order valence-electron chi connectivity index (χ1n) is 7.15. The summed E-state index contributed by atoms with van der Waals surface area (Å²) < 4.78 is 7.66. The molecule has 3 heterocycles. The van der Waals surface area contributed by atoms with Crippen molar-refractivity contribution in [2.45, 2.75) is 13.8 Å². The third-order valence-electron chi connectivity index (χ3n) is 3.67. The lowest BCUT2D eigenvalue weighted by molar-refractivity contribution is 0.525. The number of nitrogens with zero attached hydrogens (tertiary/aromatic N) is 3. The minimum atomic E-state index is -0.123. The number of fused-ring (bicyclic) bond motifs is 1. The highest BCUT2D eigenvalue weighted by molar-refractivity contribution is 7.15. The lowest BCUT2D eigenvalue weighted by Crippen LogP contribution is -2.23. The molecule has 0 bridgehead atoms. The molecule has 0 aliphatic rings. The van der Waals surface area contributed by atoms with Crippen molar-refractivity contribution >= 4 is 22.4 Å². The number of furan rings is 1. The van der Waals surface area contributed by atoms with E-state index in [9.17, 15) is 4.79 Å². The van der Waals surface area contributed by atoms with E-state index in [2.05, 4.69) is 10.2 Å². The van der Waals surface area contributed by atoms with Gasteiger partial charge in [0.2, 0.25) is 4.96 Å². The molecule has 0 aliphatic carbocycles. The fourth-order valence-electron chi connectivity index (χ4n) is 2.52. The van der Waals surface area contributed by atoms with Crippen LogP contribution in [0.15, 0.2) is 45.6 Å². The van der Waals surface area contributed by atoms with Crippen molar-refractivity contribution in [3.05, 3.63) is 68.4 Å². The molecule has 0 radical (unpaired) electrons. The van der Waals surface area contributed by atoms with Crippen molar-refractivity contribution < 1.29 is 4.42 Å². The van der Waals surface area contributed by atoms with Gasteiger partial charge in [-0.3, -0.25) is 4.79 Å². The molecule has 0 amide bonds. The largest absolute Gasteiger partial charge is 0.462 e. The van der Waals surface area contributed by atoms with E-state index >= 15 is 0 Å². The summed E-state index contributed by atoms with van der Waals surface area (Å²) in [7, 11) is 0. The van der Waals surface area contributed by atoms with Gasteiger partial charge in [0.25, 0.3) is 5.56 Å². The molecule has 0 saturated heterocycles. The Hall–Kier alpha value is -2.73. The number of thiazole rings is 1. The molecular formula is C17H13N3O2S. The number of rotatable bonds is 2. The van der Waals surface area contributed by atoms with Crippen LogP contribution in [0.5, 0.6) is 0 Å². The standard InChI is InChI=1S/C17H13N3O2S/c1-10-5-3-4-6-13(10)15-18-19-17-20(15)16(21)14(23-17)9-12-8-7-11(2)22-12/h3-9H,1-2H3/b14-9+. The number of hydrogen-bond acceptors (Lipinski definition) is 5. The second-order valence-electron chi connectivity index (χ2n) is 5.32. The molecule has 4 aromatic rings. The summed E-state index contributed by atoms with van der Waals surface area (Å²) >= 11 is 1.31. The first-order chi connectivity index (χ1) is 11.1. The lowest BCUT2D eigenvalue weighted by atomic mass is 10.1. The maximum atomic E-state index is 12.7. The maximum Gasteiger partial charge on any atom is 0.276 e. The SMILES string of the molecule is Cc1ccc(/C=c2/sc3nnc(-c4ccccc4C)n3c2=O)o1. The molecule has 0 fully saturated rings. The highest BCUT2D eigenvalue weighted by Gasteiger charge is 2.15. The van der Waals surface area contributed by atoms with Crippen LogP contribution < -0.4 is 10.1 Å². The van der Waals surface area contributed by atoms with Crippen molar-refractivity contribution in [3.63, 3.8) is 0 Å². The van der Waals surface area contributed by atoms with Crippen LogP contribution >= 0.6 is 11.3 Å². The number of aryl methyl sites for hydroxylation is 2. The van der Waals surface area contributed by atoms with Gasteiger partial charge in [0.1, 0.15) is 16.1 Å². The Labute approximate surface area is 135 Å². The smallest absolute Gasteiger partial charge is 0.276 e. The molecule has 23 heavy (non-hydrogen) atoms. The Kier molecular flexibility index (Phi) is 3.12. The summed E-state index contributed by atoms with van der Waals surface area (Å²) in [5.74, 6) is 2.05. The first-order valence-corrected chi connectivity index (χ1v) is 7.97. The summed E-state index contributed by atoms with van der Waals surface area (Å²) in [6.45, 7) is 3.86. The molecule has 5 nitrogen and oxygen atoms in total. The minimum Gasteiger partial charge on any atom is -0.462 e. The predicted octanol–water partition coefficient (Wildman–Crippen LogP) is 2.58. The van der Waals surface area contributed by atoms with Crippen LogP contribution in [-0.2, 0) is 0 Å². The topological polar surface area (TPSA) is 60.4 Å². The van der Waals surface area contributed by atoms with Gasteiger partial charge in [0.15, 0.2) is 5.82 Å². The van der Waals surface area contributed by atoms with Crippen molar-refractivity contribution in [2.75, 3.05) is 0 Å². The third kappa shape index (κ3) is 2.27. The van der Waals surface area contributed by atoms with E-state index in [1.54, 1.807) is 10.5 Å². The molecule has 1 aromatic carbocycles. The zero-order valence-electron chi connectivity index (χ0n) is 12.6. The second kappa shape index (κ2) is 5.17. The highest BCUT2D eigenvalue weighted by atomic mass is 32.1. The average molecular weight is 323 g/mol. The second-order valence-corrected chi connectivity index (χ2v) is 6.33. The van der Waals surface area contributed by atoms with Gasteiger partial charge in [0.05, 0.1) is 0 Å². The molecule has 0 spiro atoms. The monoisotopic (exact) mass is 323 g/mol. The summed E-state index contributed by atoms with van der Waals surface area (Å²) in [5, 5.41) is 8.33. The van der Waals surface area contributed by atoms with E-state index in [0.717, 1.165) is 16.9 Å². The predicted molar refractivity (Wildman–Crippen MR) is 89.5 cm³/mol. The van der Waals surface area contributed by atoms with E-state index in [4.69, 9.17) is 4.42 Å². The molecule has 0 aliphatic heterocycles. The Bertz CT molecular complexity index is 1120. The van der Waals surface area contributed by atoms with Crippen molar-refractivity contribution in [1.29, 1.82) is 0 Å².